The highest BCUT2D eigenvalue weighted by molar-refractivity contribution is 7.93. The number of aromatic nitrogens is 1. The van der Waals surface area contributed by atoms with Crippen LogP contribution >= 0.6 is 11.6 Å². The predicted molar refractivity (Wildman–Crippen MR) is 63.1 cm³/mol. The van der Waals surface area contributed by atoms with Gasteiger partial charge in [0.25, 0.3) is 0 Å². The zero-order valence-corrected chi connectivity index (χ0v) is 9.88. The Morgan fingerprint density at radius 1 is 1.67 bits per heavy atom. The molecule has 0 radical (unpaired) electrons. The average Bonchev–Trinajstić information content (AvgIpc) is 2.17. The van der Waals surface area contributed by atoms with E-state index in [1.165, 1.54) is 0 Å². The third-order valence-electron chi connectivity index (χ3n) is 1.80. The first-order valence-corrected chi connectivity index (χ1v) is 6.75. The van der Waals surface area contributed by atoms with Crippen molar-refractivity contribution in [2.75, 3.05) is 12.0 Å². The van der Waals surface area contributed by atoms with Gasteiger partial charge in [0, 0.05) is 24.2 Å². The Kier molecular flexibility index (Phi) is 4.13. The Morgan fingerprint density at radius 2 is 2.40 bits per heavy atom. The lowest BCUT2D eigenvalue weighted by Crippen LogP contribution is -2.05. The van der Waals surface area contributed by atoms with E-state index in [0.29, 0.717) is 17.3 Å². The zero-order valence-electron chi connectivity index (χ0n) is 8.31. The van der Waals surface area contributed by atoms with Crippen molar-refractivity contribution in [2.45, 2.75) is 6.42 Å². The van der Waals surface area contributed by atoms with Crippen molar-refractivity contribution >= 4 is 21.3 Å². The Balaban J connectivity index is 2.67. The Hall–Kier alpha value is -1.05. The van der Waals surface area contributed by atoms with Gasteiger partial charge < -0.3 is 0 Å². The molecule has 0 aromatic carbocycles. The molecule has 0 bridgehead atoms. The first-order chi connectivity index (χ1) is 7.03. The van der Waals surface area contributed by atoms with Gasteiger partial charge in [-0.2, -0.15) is 0 Å². The number of hydrogen-bond donors (Lipinski definition) is 0. The second-order valence-corrected chi connectivity index (χ2v) is 6.02. The first kappa shape index (κ1) is 12.0. The van der Waals surface area contributed by atoms with Gasteiger partial charge in [0.2, 0.25) is 0 Å². The molecular weight excluding hydrogens is 232 g/mol. The summed E-state index contributed by atoms with van der Waals surface area (Å²) in [6.45, 7) is 0. The summed E-state index contributed by atoms with van der Waals surface area (Å²) in [5, 5.41) is 0.448. The molecule has 1 rings (SSSR count). The second-order valence-electron chi connectivity index (χ2n) is 3.12. The van der Waals surface area contributed by atoms with Crippen LogP contribution in [0.25, 0.3) is 0 Å². The van der Waals surface area contributed by atoms with E-state index >= 15 is 0 Å². The minimum Gasteiger partial charge on any atom is -0.249 e. The van der Waals surface area contributed by atoms with Gasteiger partial charge in [-0.3, -0.25) is 0 Å². The molecule has 0 aliphatic heterocycles. The van der Waals surface area contributed by atoms with Gasteiger partial charge in [0.15, 0.2) is 0 Å². The number of terminal acetylenes is 1. The molecule has 0 N–H and O–H groups in total. The zero-order chi connectivity index (χ0) is 11.3. The fourth-order valence-electron chi connectivity index (χ4n) is 1.02. The molecule has 3 nitrogen and oxygen atoms in total. The minimum atomic E-state index is -2.26. The highest BCUT2D eigenvalue weighted by atomic mass is 35.5. The molecule has 0 saturated heterocycles. The van der Waals surface area contributed by atoms with Crippen molar-refractivity contribution in [3.8, 4) is 12.5 Å². The van der Waals surface area contributed by atoms with Gasteiger partial charge in [0.1, 0.15) is 5.15 Å². The van der Waals surface area contributed by atoms with Crippen LogP contribution in [0.4, 0.5) is 0 Å². The molecule has 1 atom stereocenters. The monoisotopic (exact) mass is 242 g/mol. The number of hydrogen-bond acceptors (Lipinski definition) is 3. The summed E-state index contributed by atoms with van der Waals surface area (Å²) in [7, 11) is -2.26. The van der Waals surface area contributed by atoms with E-state index in [1.54, 1.807) is 18.5 Å². The van der Waals surface area contributed by atoms with Crippen molar-refractivity contribution < 1.29 is 4.21 Å². The summed E-state index contributed by atoms with van der Waals surface area (Å²) < 4.78 is 15.3. The molecule has 0 fully saturated rings. The highest BCUT2D eigenvalue weighted by Gasteiger charge is 2.02. The van der Waals surface area contributed by atoms with Crippen LogP contribution in [0.15, 0.2) is 22.7 Å². The number of pyridine rings is 1. The molecule has 0 aliphatic carbocycles. The maximum atomic E-state index is 11.7. The average molecular weight is 243 g/mol. The molecule has 1 unspecified atom stereocenters. The quantitative estimate of drug-likeness (QED) is 0.601. The number of halogens is 1. The Bertz CT molecular complexity index is 481. The molecule has 0 amide bonds. The molecule has 1 aromatic rings. The SMILES string of the molecule is C#CN=S(C)(=O)CCc1ccc(Cl)nc1. The van der Waals surface area contributed by atoms with Crippen LogP contribution in [0, 0.1) is 12.5 Å². The van der Waals surface area contributed by atoms with Crippen molar-refractivity contribution in [2.24, 2.45) is 4.36 Å². The topological polar surface area (TPSA) is 42.3 Å². The Morgan fingerprint density at radius 3 is 2.93 bits per heavy atom. The molecule has 0 aliphatic rings. The summed E-state index contributed by atoms with van der Waals surface area (Å²) in [6.07, 6.45) is 8.82. The molecule has 5 heteroatoms. The molecular formula is C10H11ClN2OS. The summed E-state index contributed by atoms with van der Waals surface area (Å²) in [5.41, 5.74) is 0.973. The second kappa shape index (κ2) is 5.15. The maximum absolute atomic E-state index is 11.7. The largest absolute Gasteiger partial charge is 0.249 e. The smallest absolute Gasteiger partial charge is 0.129 e. The summed E-state index contributed by atoms with van der Waals surface area (Å²) in [6, 6.07) is 5.62. The Labute approximate surface area is 95.1 Å². The van der Waals surface area contributed by atoms with E-state index in [1.807, 2.05) is 6.07 Å². The van der Waals surface area contributed by atoms with E-state index in [0.717, 1.165) is 5.56 Å². The molecule has 1 aromatic heterocycles. The van der Waals surface area contributed by atoms with Gasteiger partial charge in [-0.15, -0.1) is 4.36 Å². The van der Waals surface area contributed by atoms with Gasteiger partial charge in [-0.1, -0.05) is 24.1 Å². The molecule has 15 heavy (non-hydrogen) atoms. The molecule has 80 valence electrons. The highest BCUT2D eigenvalue weighted by Crippen LogP contribution is 2.07. The van der Waals surface area contributed by atoms with Gasteiger partial charge in [-0.05, 0) is 18.1 Å². The van der Waals surface area contributed by atoms with Crippen LogP contribution < -0.4 is 0 Å². The molecule has 1 heterocycles. The fourth-order valence-corrected chi connectivity index (χ4v) is 2.06. The lowest BCUT2D eigenvalue weighted by atomic mass is 10.2. The van der Waals surface area contributed by atoms with Crippen LogP contribution in [0.5, 0.6) is 0 Å². The maximum Gasteiger partial charge on any atom is 0.129 e. The lowest BCUT2D eigenvalue weighted by Gasteiger charge is -2.02. The van der Waals surface area contributed by atoms with Crippen LogP contribution in [-0.2, 0) is 16.1 Å². The summed E-state index contributed by atoms with van der Waals surface area (Å²) >= 11 is 5.64. The third kappa shape index (κ3) is 4.32. The van der Waals surface area contributed by atoms with Gasteiger partial charge in [0.05, 0.1) is 9.73 Å². The van der Waals surface area contributed by atoms with E-state index in [2.05, 4.69) is 15.4 Å². The van der Waals surface area contributed by atoms with E-state index in [4.69, 9.17) is 18.0 Å². The minimum absolute atomic E-state index is 0.431. The van der Waals surface area contributed by atoms with Crippen LogP contribution in [-0.4, -0.2) is 21.2 Å². The standard InChI is InChI=1S/C10H11ClN2OS/c1-3-13-15(2,14)7-6-9-4-5-10(11)12-8-9/h1,4-5,8H,6-7H2,2H3. The van der Waals surface area contributed by atoms with Crippen LogP contribution in [0.2, 0.25) is 5.15 Å². The van der Waals surface area contributed by atoms with Gasteiger partial charge in [-0.25, -0.2) is 9.19 Å². The summed E-state index contributed by atoms with van der Waals surface area (Å²) in [4.78, 5) is 3.93. The van der Waals surface area contributed by atoms with Crippen molar-refractivity contribution in [3.05, 3.63) is 29.0 Å². The first-order valence-electron chi connectivity index (χ1n) is 4.28. The normalized spacial score (nSPS) is 13.9. The van der Waals surface area contributed by atoms with Crippen molar-refractivity contribution in [3.63, 3.8) is 0 Å². The molecule has 0 saturated carbocycles. The van der Waals surface area contributed by atoms with Crippen molar-refractivity contribution in [1.82, 2.24) is 4.98 Å². The van der Waals surface area contributed by atoms with Crippen LogP contribution in [0.3, 0.4) is 0 Å². The van der Waals surface area contributed by atoms with E-state index in [-0.39, 0.29) is 0 Å². The van der Waals surface area contributed by atoms with E-state index < -0.39 is 9.73 Å². The van der Waals surface area contributed by atoms with E-state index in [9.17, 15) is 4.21 Å². The number of aryl methyl sites for hydroxylation is 1. The number of nitrogens with zero attached hydrogens (tertiary/aromatic N) is 2. The van der Waals surface area contributed by atoms with Crippen molar-refractivity contribution in [1.29, 1.82) is 0 Å². The van der Waals surface area contributed by atoms with Crippen LogP contribution in [0.1, 0.15) is 5.56 Å². The summed E-state index contributed by atoms with van der Waals surface area (Å²) in [5.74, 6) is 0.431. The third-order valence-corrected chi connectivity index (χ3v) is 3.48. The van der Waals surface area contributed by atoms with Gasteiger partial charge >= 0.3 is 0 Å². The lowest BCUT2D eigenvalue weighted by molar-refractivity contribution is 0.680. The predicted octanol–water partition coefficient (Wildman–Crippen LogP) is 1.97. The fraction of sp³-hybridized carbons (Fsp3) is 0.300. The number of rotatable bonds is 3. The molecule has 0 spiro atoms.